The van der Waals surface area contributed by atoms with E-state index in [4.69, 9.17) is 5.73 Å². The fourth-order valence-electron chi connectivity index (χ4n) is 2.51. The Morgan fingerprint density at radius 2 is 2.24 bits per heavy atom. The van der Waals surface area contributed by atoms with E-state index in [2.05, 4.69) is 17.1 Å². The Labute approximate surface area is 112 Å². The maximum absolute atomic E-state index is 5.89. The molecule has 3 atom stereocenters. The summed E-state index contributed by atoms with van der Waals surface area (Å²) in [6.07, 6.45) is 5.22. The number of nitrogens with zero attached hydrogens (tertiary/aromatic N) is 2. The second kappa shape index (κ2) is 6.16. The standard InChI is InChI=1S/C12H21N3S2/c1-3-9-4-5-10(7-13)11(6-9)17-12-15-14-8(2)16-12/h9-11H,3-7,13H2,1-2H3. The fraction of sp³-hybridized carbons (Fsp3) is 0.833. The molecule has 0 spiro atoms. The lowest BCUT2D eigenvalue weighted by molar-refractivity contribution is 0.283. The number of aryl methyl sites for hydroxylation is 1. The van der Waals surface area contributed by atoms with Crippen molar-refractivity contribution in [3.05, 3.63) is 5.01 Å². The molecule has 0 aliphatic heterocycles. The van der Waals surface area contributed by atoms with Gasteiger partial charge in [-0.3, -0.25) is 0 Å². The van der Waals surface area contributed by atoms with Gasteiger partial charge in [0.05, 0.1) is 0 Å². The van der Waals surface area contributed by atoms with Gasteiger partial charge >= 0.3 is 0 Å². The van der Waals surface area contributed by atoms with Gasteiger partial charge in [0.15, 0.2) is 4.34 Å². The molecule has 0 aromatic carbocycles. The van der Waals surface area contributed by atoms with Crippen molar-refractivity contribution in [1.29, 1.82) is 0 Å². The summed E-state index contributed by atoms with van der Waals surface area (Å²) < 4.78 is 1.11. The second-order valence-electron chi connectivity index (χ2n) is 4.83. The molecule has 1 fully saturated rings. The van der Waals surface area contributed by atoms with Gasteiger partial charge in [0.2, 0.25) is 0 Å². The summed E-state index contributed by atoms with van der Waals surface area (Å²) in [5.74, 6) is 1.54. The van der Waals surface area contributed by atoms with Gasteiger partial charge in [-0.05, 0) is 38.1 Å². The van der Waals surface area contributed by atoms with Crippen LogP contribution in [0, 0.1) is 18.8 Å². The van der Waals surface area contributed by atoms with E-state index >= 15 is 0 Å². The Morgan fingerprint density at radius 1 is 1.41 bits per heavy atom. The number of nitrogens with two attached hydrogens (primary N) is 1. The molecular weight excluding hydrogens is 250 g/mol. The average Bonchev–Trinajstić information content (AvgIpc) is 2.74. The number of aromatic nitrogens is 2. The van der Waals surface area contributed by atoms with Crippen LogP contribution in [0.15, 0.2) is 4.34 Å². The molecule has 1 saturated carbocycles. The minimum atomic E-state index is 0.644. The minimum Gasteiger partial charge on any atom is -0.330 e. The van der Waals surface area contributed by atoms with Crippen LogP contribution in [0.4, 0.5) is 0 Å². The van der Waals surface area contributed by atoms with Crippen LogP contribution >= 0.6 is 23.1 Å². The first-order chi connectivity index (χ1) is 8.22. The minimum absolute atomic E-state index is 0.644. The van der Waals surface area contributed by atoms with Gasteiger partial charge in [-0.1, -0.05) is 42.9 Å². The van der Waals surface area contributed by atoms with Crippen LogP contribution in [-0.2, 0) is 0 Å². The average molecular weight is 271 g/mol. The molecule has 1 aromatic rings. The van der Waals surface area contributed by atoms with Crippen LogP contribution in [0.2, 0.25) is 0 Å². The van der Waals surface area contributed by atoms with Gasteiger partial charge in [-0.15, -0.1) is 10.2 Å². The molecule has 1 aliphatic carbocycles. The Morgan fingerprint density at radius 3 is 2.82 bits per heavy atom. The summed E-state index contributed by atoms with van der Waals surface area (Å²) in [5, 5.41) is 10.0. The van der Waals surface area contributed by atoms with Crippen LogP contribution in [-0.4, -0.2) is 22.0 Å². The maximum Gasteiger partial charge on any atom is 0.174 e. The molecule has 3 nitrogen and oxygen atoms in total. The quantitative estimate of drug-likeness (QED) is 0.914. The zero-order chi connectivity index (χ0) is 12.3. The molecule has 0 amide bonds. The molecule has 0 saturated heterocycles. The van der Waals surface area contributed by atoms with E-state index in [1.165, 1.54) is 25.7 Å². The molecule has 96 valence electrons. The fourth-order valence-corrected chi connectivity index (χ4v) is 5.01. The van der Waals surface area contributed by atoms with Crippen molar-refractivity contribution >= 4 is 23.1 Å². The Bertz CT molecular complexity index is 353. The highest BCUT2D eigenvalue weighted by atomic mass is 32.2. The Balaban J connectivity index is 2.00. The number of hydrogen-bond acceptors (Lipinski definition) is 5. The van der Waals surface area contributed by atoms with E-state index < -0.39 is 0 Å². The lowest BCUT2D eigenvalue weighted by Gasteiger charge is -2.34. The third-order valence-corrected chi connectivity index (χ3v) is 6.01. The number of rotatable bonds is 4. The molecule has 2 N–H and O–H groups in total. The summed E-state index contributed by atoms with van der Waals surface area (Å²) in [6, 6.07) is 0. The summed E-state index contributed by atoms with van der Waals surface area (Å²) >= 11 is 3.60. The lowest BCUT2D eigenvalue weighted by atomic mass is 9.80. The van der Waals surface area contributed by atoms with Crippen molar-refractivity contribution in [2.45, 2.75) is 49.1 Å². The van der Waals surface area contributed by atoms with Crippen LogP contribution < -0.4 is 5.73 Å². The number of hydrogen-bond donors (Lipinski definition) is 1. The number of thioether (sulfide) groups is 1. The van der Waals surface area contributed by atoms with E-state index in [9.17, 15) is 0 Å². The first kappa shape index (κ1) is 13.3. The zero-order valence-corrected chi connectivity index (χ0v) is 12.2. The highest BCUT2D eigenvalue weighted by molar-refractivity contribution is 8.01. The predicted molar refractivity (Wildman–Crippen MR) is 74.5 cm³/mol. The summed E-state index contributed by atoms with van der Waals surface area (Å²) in [6.45, 7) is 5.12. The Kier molecular flexibility index (Phi) is 4.82. The highest BCUT2D eigenvalue weighted by Crippen LogP contribution is 2.41. The molecule has 1 aliphatic rings. The summed E-state index contributed by atoms with van der Waals surface area (Å²) in [4.78, 5) is 0. The van der Waals surface area contributed by atoms with Gasteiger partial charge in [-0.25, -0.2) is 0 Å². The first-order valence-electron chi connectivity index (χ1n) is 6.39. The smallest absolute Gasteiger partial charge is 0.174 e. The molecule has 17 heavy (non-hydrogen) atoms. The first-order valence-corrected chi connectivity index (χ1v) is 8.09. The van der Waals surface area contributed by atoms with E-state index in [0.29, 0.717) is 11.2 Å². The lowest BCUT2D eigenvalue weighted by Crippen LogP contribution is -2.32. The van der Waals surface area contributed by atoms with Crippen molar-refractivity contribution in [1.82, 2.24) is 10.2 Å². The Hall–Kier alpha value is -0.130. The second-order valence-corrected chi connectivity index (χ2v) is 7.49. The zero-order valence-electron chi connectivity index (χ0n) is 10.6. The third kappa shape index (κ3) is 3.42. The molecule has 1 heterocycles. The normalized spacial score (nSPS) is 29.5. The van der Waals surface area contributed by atoms with Crippen LogP contribution in [0.5, 0.6) is 0 Å². The van der Waals surface area contributed by atoms with Crippen molar-refractivity contribution < 1.29 is 0 Å². The third-order valence-electron chi connectivity index (χ3n) is 3.68. The van der Waals surface area contributed by atoms with E-state index in [1.807, 2.05) is 18.7 Å². The van der Waals surface area contributed by atoms with E-state index in [0.717, 1.165) is 21.8 Å². The SMILES string of the molecule is CCC1CCC(CN)C(Sc2nnc(C)s2)C1. The largest absolute Gasteiger partial charge is 0.330 e. The van der Waals surface area contributed by atoms with Gasteiger partial charge < -0.3 is 5.73 Å². The van der Waals surface area contributed by atoms with E-state index in [1.54, 1.807) is 11.3 Å². The van der Waals surface area contributed by atoms with E-state index in [-0.39, 0.29) is 0 Å². The maximum atomic E-state index is 5.89. The van der Waals surface area contributed by atoms with Crippen molar-refractivity contribution in [2.75, 3.05) is 6.54 Å². The van der Waals surface area contributed by atoms with Gasteiger partial charge in [0.25, 0.3) is 0 Å². The van der Waals surface area contributed by atoms with Crippen LogP contribution in [0.1, 0.15) is 37.6 Å². The summed E-state index contributed by atoms with van der Waals surface area (Å²) in [5.41, 5.74) is 5.89. The topological polar surface area (TPSA) is 51.8 Å². The molecular formula is C12H21N3S2. The molecule has 5 heteroatoms. The highest BCUT2D eigenvalue weighted by Gasteiger charge is 2.30. The molecule has 2 rings (SSSR count). The van der Waals surface area contributed by atoms with Gasteiger partial charge in [-0.2, -0.15) is 0 Å². The molecule has 0 radical (unpaired) electrons. The molecule has 3 unspecified atom stereocenters. The van der Waals surface area contributed by atoms with Crippen molar-refractivity contribution in [2.24, 2.45) is 17.6 Å². The van der Waals surface area contributed by atoms with Gasteiger partial charge in [0.1, 0.15) is 5.01 Å². The summed E-state index contributed by atoms with van der Waals surface area (Å²) in [7, 11) is 0. The molecule has 1 aromatic heterocycles. The molecule has 0 bridgehead atoms. The van der Waals surface area contributed by atoms with Crippen molar-refractivity contribution in [3.63, 3.8) is 0 Å². The van der Waals surface area contributed by atoms with Crippen molar-refractivity contribution in [3.8, 4) is 0 Å². The predicted octanol–water partition coefficient (Wildman–Crippen LogP) is 3.09. The van der Waals surface area contributed by atoms with Gasteiger partial charge in [0, 0.05) is 5.25 Å². The van der Waals surface area contributed by atoms with Crippen LogP contribution in [0.25, 0.3) is 0 Å². The monoisotopic (exact) mass is 271 g/mol. The van der Waals surface area contributed by atoms with Crippen LogP contribution in [0.3, 0.4) is 0 Å².